The van der Waals surface area contributed by atoms with Crippen molar-refractivity contribution in [2.75, 3.05) is 0 Å². The summed E-state index contributed by atoms with van der Waals surface area (Å²) in [6.07, 6.45) is -1.30. The second-order valence-electron chi connectivity index (χ2n) is 5.25. The Bertz CT molecular complexity index is 804. The molecule has 7 nitrogen and oxygen atoms in total. The highest BCUT2D eigenvalue weighted by Crippen LogP contribution is 2.17. The molecule has 0 heterocycles. The lowest BCUT2D eigenvalue weighted by Gasteiger charge is -2.19. The molecule has 0 aliphatic rings. The van der Waals surface area contributed by atoms with Crippen molar-refractivity contribution < 1.29 is 23.5 Å². The maximum Gasteiger partial charge on any atom is 0.264 e. The van der Waals surface area contributed by atoms with Crippen LogP contribution >= 0.6 is 0 Å². The van der Waals surface area contributed by atoms with Crippen LogP contribution in [-0.4, -0.2) is 36.8 Å². The Morgan fingerprint density at radius 1 is 1.17 bits per heavy atom. The molecule has 0 aliphatic carbocycles. The maximum absolute atomic E-state index is 12.2. The molecule has 124 valence electrons. The topological polar surface area (TPSA) is 116 Å². The number of aliphatic hydroxyl groups excluding tert-OH is 1. The van der Waals surface area contributed by atoms with Crippen molar-refractivity contribution in [1.29, 1.82) is 0 Å². The number of amides is 1. The number of hydroxylamine groups is 1. The van der Waals surface area contributed by atoms with E-state index in [1.165, 1.54) is 12.4 Å². The second kappa shape index (κ2) is 7.05. The highest BCUT2D eigenvalue weighted by Gasteiger charge is 2.28. The van der Waals surface area contributed by atoms with E-state index >= 15 is 0 Å². The fraction of sp³-hybridized carbons (Fsp3) is 0.267. The first-order valence-electron chi connectivity index (χ1n) is 6.92. The van der Waals surface area contributed by atoms with Gasteiger partial charge in [0, 0.05) is 0 Å². The lowest BCUT2D eigenvalue weighted by Crippen LogP contribution is -2.51. The fourth-order valence-corrected chi connectivity index (χ4v) is 3.62. The molecule has 2 aromatic rings. The molecule has 0 aliphatic heterocycles. The van der Waals surface area contributed by atoms with Crippen LogP contribution in [0.25, 0.3) is 10.8 Å². The zero-order valence-electron chi connectivity index (χ0n) is 12.4. The first kappa shape index (κ1) is 17.4. The summed E-state index contributed by atoms with van der Waals surface area (Å²) in [5, 5.41) is 20.0. The Hall–Kier alpha value is -2.00. The van der Waals surface area contributed by atoms with Gasteiger partial charge in [-0.1, -0.05) is 42.5 Å². The first-order chi connectivity index (χ1) is 10.8. The summed E-state index contributed by atoms with van der Waals surface area (Å²) in [7, 11) is -3.88. The van der Waals surface area contributed by atoms with Crippen LogP contribution in [-0.2, 0) is 20.6 Å². The van der Waals surface area contributed by atoms with Crippen molar-refractivity contribution in [3.8, 4) is 0 Å². The summed E-state index contributed by atoms with van der Waals surface area (Å²) in [5.41, 5.74) is 1.88. The number of hydrogen-bond acceptors (Lipinski definition) is 5. The van der Waals surface area contributed by atoms with E-state index in [0.717, 1.165) is 10.8 Å². The van der Waals surface area contributed by atoms with Gasteiger partial charge in [0.15, 0.2) is 0 Å². The van der Waals surface area contributed by atoms with Gasteiger partial charge in [0.25, 0.3) is 5.91 Å². The van der Waals surface area contributed by atoms with E-state index in [1.54, 1.807) is 12.1 Å². The average Bonchev–Trinajstić information content (AvgIpc) is 2.51. The molecule has 2 rings (SSSR count). The van der Waals surface area contributed by atoms with Gasteiger partial charge in [-0.05, 0) is 23.3 Å². The molecule has 0 saturated heterocycles. The standard InChI is InChI=1S/C15H18N2O5S/c1-10(18)14(15(19)16-20)17-23(21,22)9-11-6-7-12-4-2-3-5-13(12)8-11/h2-8,10,14,17-18,20H,9H2,1H3,(H,16,19). The molecule has 0 spiro atoms. The molecule has 0 aromatic heterocycles. The van der Waals surface area contributed by atoms with Crippen LogP contribution in [0.15, 0.2) is 42.5 Å². The number of benzene rings is 2. The van der Waals surface area contributed by atoms with E-state index in [0.29, 0.717) is 5.56 Å². The monoisotopic (exact) mass is 338 g/mol. The van der Waals surface area contributed by atoms with Gasteiger partial charge in [0.1, 0.15) is 6.04 Å². The SMILES string of the molecule is CC(O)C(NS(=O)(=O)Cc1ccc2ccccc2c1)C(=O)NO. The van der Waals surface area contributed by atoms with Crippen LogP contribution in [0.4, 0.5) is 0 Å². The van der Waals surface area contributed by atoms with Crippen molar-refractivity contribution in [3.05, 3.63) is 48.0 Å². The van der Waals surface area contributed by atoms with E-state index in [9.17, 15) is 18.3 Å². The lowest BCUT2D eigenvalue weighted by atomic mass is 10.1. The third kappa shape index (κ3) is 4.49. The predicted octanol–water partition coefficient (Wildman–Crippen LogP) is 0.514. The summed E-state index contributed by atoms with van der Waals surface area (Å²) < 4.78 is 26.5. The highest BCUT2D eigenvalue weighted by molar-refractivity contribution is 7.88. The minimum absolute atomic E-state index is 0.347. The summed E-state index contributed by atoms with van der Waals surface area (Å²) >= 11 is 0. The van der Waals surface area contributed by atoms with Gasteiger partial charge >= 0.3 is 0 Å². The van der Waals surface area contributed by atoms with Crippen molar-refractivity contribution >= 4 is 26.7 Å². The average molecular weight is 338 g/mol. The predicted molar refractivity (Wildman–Crippen MR) is 85.1 cm³/mol. The summed E-state index contributed by atoms with van der Waals surface area (Å²) in [6.45, 7) is 1.25. The summed E-state index contributed by atoms with van der Waals surface area (Å²) in [5.74, 6) is -1.37. The zero-order chi connectivity index (χ0) is 17.0. The molecular formula is C15H18N2O5S. The number of sulfonamides is 1. The normalized spacial score (nSPS) is 14.4. The van der Waals surface area contributed by atoms with Crippen LogP contribution in [0.2, 0.25) is 0 Å². The van der Waals surface area contributed by atoms with Crippen LogP contribution in [0.1, 0.15) is 12.5 Å². The quantitative estimate of drug-likeness (QED) is 0.452. The number of fused-ring (bicyclic) bond motifs is 1. The Morgan fingerprint density at radius 3 is 2.43 bits per heavy atom. The largest absolute Gasteiger partial charge is 0.391 e. The van der Waals surface area contributed by atoms with E-state index in [1.807, 2.05) is 30.3 Å². The van der Waals surface area contributed by atoms with E-state index in [4.69, 9.17) is 5.21 Å². The Kier molecular flexibility index (Phi) is 5.32. The highest BCUT2D eigenvalue weighted by atomic mass is 32.2. The molecule has 4 N–H and O–H groups in total. The van der Waals surface area contributed by atoms with Crippen molar-refractivity contribution in [2.24, 2.45) is 0 Å². The number of aliphatic hydroxyl groups is 1. The van der Waals surface area contributed by atoms with Gasteiger partial charge in [-0.15, -0.1) is 0 Å². The molecule has 0 bridgehead atoms. The minimum atomic E-state index is -3.88. The molecule has 8 heteroatoms. The van der Waals surface area contributed by atoms with E-state index in [-0.39, 0.29) is 5.75 Å². The van der Waals surface area contributed by atoms with Crippen molar-refractivity contribution in [2.45, 2.75) is 24.8 Å². The van der Waals surface area contributed by atoms with Crippen LogP contribution < -0.4 is 10.2 Å². The Labute approximate surface area is 134 Å². The Morgan fingerprint density at radius 2 is 1.83 bits per heavy atom. The molecule has 2 atom stereocenters. The zero-order valence-corrected chi connectivity index (χ0v) is 13.2. The van der Waals surface area contributed by atoms with E-state index < -0.39 is 28.1 Å². The molecule has 0 radical (unpaired) electrons. The molecule has 23 heavy (non-hydrogen) atoms. The number of carbonyl (C=O) groups is 1. The van der Waals surface area contributed by atoms with Crippen molar-refractivity contribution in [1.82, 2.24) is 10.2 Å². The first-order valence-corrected chi connectivity index (χ1v) is 8.57. The van der Waals surface area contributed by atoms with Crippen LogP contribution in [0.5, 0.6) is 0 Å². The summed E-state index contributed by atoms with van der Waals surface area (Å²) in [4.78, 5) is 11.4. The minimum Gasteiger partial charge on any atom is -0.391 e. The smallest absolute Gasteiger partial charge is 0.264 e. The molecule has 2 aromatic carbocycles. The number of carbonyl (C=O) groups excluding carboxylic acids is 1. The van der Waals surface area contributed by atoms with Gasteiger partial charge in [-0.3, -0.25) is 10.0 Å². The molecule has 2 unspecified atom stereocenters. The number of rotatable bonds is 6. The van der Waals surface area contributed by atoms with Gasteiger partial charge in [-0.2, -0.15) is 4.72 Å². The lowest BCUT2D eigenvalue weighted by molar-refractivity contribution is -0.133. The number of nitrogens with one attached hydrogen (secondary N) is 2. The third-order valence-corrected chi connectivity index (χ3v) is 4.68. The summed E-state index contributed by atoms with van der Waals surface area (Å²) in [6, 6.07) is 11.3. The second-order valence-corrected chi connectivity index (χ2v) is 7.01. The van der Waals surface area contributed by atoms with Crippen LogP contribution in [0.3, 0.4) is 0 Å². The van der Waals surface area contributed by atoms with Crippen molar-refractivity contribution in [3.63, 3.8) is 0 Å². The van der Waals surface area contributed by atoms with Crippen LogP contribution in [0, 0.1) is 0 Å². The molecular weight excluding hydrogens is 320 g/mol. The third-order valence-electron chi connectivity index (χ3n) is 3.35. The van der Waals surface area contributed by atoms with Gasteiger partial charge in [0.05, 0.1) is 11.9 Å². The Balaban J connectivity index is 2.20. The number of hydrogen-bond donors (Lipinski definition) is 4. The molecule has 1 amide bonds. The fourth-order valence-electron chi connectivity index (χ4n) is 2.22. The van der Waals surface area contributed by atoms with E-state index in [2.05, 4.69) is 4.72 Å². The van der Waals surface area contributed by atoms with Gasteiger partial charge in [-0.25, -0.2) is 13.9 Å². The molecule has 0 fully saturated rings. The molecule has 0 saturated carbocycles. The van der Waals surface area contributed by atoms with Gasteiger partial charge in [0.2, 0.25) is 10.0 Å². The van der Waals surface area contributed by atoms with Gasteiger partial charge < -0.3 is 5.11 Å². The maximum atomic E-state index is 12.2.